The first-order valence-corrected chi connectivity index (χ1v) is 6.28. The number of nitrogens with zero attached hydrogens (tertiary/aromatic N) is 1. The molecule has 0 spiro atoms. The van der Waals surface area contributed by atoms with Gasteiger partial charge in [-0.15, -0.1) is 0 Å². The Morgan fingerprint density at radius 3 is 3.12 bits per heavy atom. The zero-order valence-electron chi connectivity index (χ0n) is 9.47. The molecule has 2 aromatic heterocycles. The Morgan fingerprint density at radius 1 is 1.53 bits per heavy atom. The number of ether oxygens (including phenoxy) is 1. The van der Waals surface area contributed by atoms with Gasteiger partial charge in [0.25, 0.3) is 0 Å². The molecule has 0 radical (unpaired) electrons. The van der Waals surface area contributed by atoms with Crippen LogP contribution in [0.4, 0.5) is 0 Å². The van der Waals surface area contributed by atoms with Crippen molar-refractivity contribution in [3.8, 4) is 5.06 Å². The van der Waals surface area contributed by atoms with E-state index in [0.29, 0.717) is 6.61 Å². The van der Waals surface area contributed by atoms with Gasteiger partial charge < -0.3 is 9.84 Å². The zero-order chi connectivity index (χ0) is 12.3. The number of aromatic nitrogens is 1. The predicted octanol–water partition coefficient (Wildman–Crippen LogP) is 2.96. The number of fused-ring (bicyclic) bond motifs is 1. The van der Waals surface area contributed by atoms with E-state index in [-0.39, 0.29) is 10.8 Å². The molecule has 5 heteroatoms. The molecule has 2 rings (SSSR count). The Kier molecular flexibility index (Phi) is 3.58. The molecule has 90 valence electrons. The molecule has 0 saturated carbocycles. The van der Waals surface area contributed by atoms with Crippen LogP contribution in [0.15, 0.2) is 18.3 Å². The number of hydrogen-bond donors (Lipinski definition) is 1. The first-order valence-electron chi connectivity index (χ1n) is 5.46. The lowest BCUT2D eigenvalue weighted by Crippen LogP contribution is -2.07. The highest BCUT2D eigenvalue weighted by Crippen LogP contribution is 2.30. The highest BCUT2D eigenvalue weighted by atomic mass is 32.1. The quantitative estimate of drug-likeness (QED) is 0.670. The van der Waals surface area contributed by atoms with E-state index >= 15 is 0 Å². The van der Waals surface area contributed by atoms with E-state index in [4.69, 9.17) is 4.74 Å². The van der Waals surface area contributed by atoms with Gasteiger partial charge in [0.15, 0.2) is 5.06 Å². The number of hydrogen-bond acceptors (Lipinski definition) is 5. The Labute approximate surface area is 103 Å². The fraction of sp³-hybridized carbons (Fsp3) is 0.333. The van der Waals surface area contributed by atoms with Crippen LogP contribution in [0.25, 0.3) is 10.1 Å². The fourth-order valence-electron chi connectivity index (χ4n) is 1.41. The maximum atomic E-state index is 11.6. The van der Waals surface area contributed by atoms with Gasteiger partial charge in [-0.2, -0.15) is 0 Å². The summed E-state index contributed by atoms with van der Waals surface area (Å²) in [5.41, 5.74) is 0.287. The number of aromatic hydroxyl groups is 1. The molecule has 0 amide bonds. The molecule has 0 aliphatic heterocycles. The van der Waals surface area contributed by atoms with Gasteiger partial charge in [0.2, 0.25) is 0 Å². The van der Waals surface area contributed by atoms with Crippen LogP contribution in [-0.4, -0.2) is 22.7 Å². The number of pyridine rings is 1. The molecule has 0 fully saturated rings. The maximum Gasteiger partial charge on any atom is 0.356 e. The summed E-state index contributed by atoms with van der Waals surface area (Å²) in [5.74, 6) is -0.409. The van der Waals surface area contributed by atoms with E-state index in [1.807, 2.05) is 6.92 Å². The van der Waals surface area contributed by atoms with Gasteiger partial charge in [-0.3, -0.25) is 0 Å². The molecule has 1 N–H and O–H groups in total. The summed E-state index contributed by atoms with van der Waals surface area (Å²) >= 11 is 1.22. The van der Waals surface area contributed by atoms with Gasteiger partial charge in [0.05, 0.1) is 6.61 Å². The summed E-state index contributed by atoms with van der Waals surface area (Å²) in [4.78, 5) is 15.6. The van der Waals surface area contributed by atoms with Crippen molar-refractivity contribution in [1.29, 1.82) is 0 Å². The molecule has 2 aromatic rings. The van der Waals surface area contributed by atoms with Crippen molar-refractivity contribution in [2.75, 3.05) is 6.61 Å². The molecule has 4 nitrogen and oxygen atoms in total. The highest BCUT2D eigenvalue weighted by molar-refractivity contribution is 7.20. The minimum Gasteiger partial charge on any atom is -0.499 e. The minimum absolute atomic E-state index is 0.221. The van der Waals surface area contributed by atoms with Crippen LogP contribution in [0.2, 0.25) is 0 Å². The molecular formula is C12H13NO3S. The summed E-state index contributed by atoms with van der Waals surface area (Å²) in [5, 5.41) is 10.4. The van der Waals surface area contributed by atoms with Crippen LogP contribution in [0.3, 0.4) is 0 Å². The maximum absolute atomic E-state index is 11.6. The lowest BCUT2D eigenvalue weighted by atomic mass is 10.3. The predicted molar refractivity (Wildman–Crippen MR) is 66.5 cm³/mol. The largest absolute Gasteiger partial charge is 0.499 e. The lowest BCUT2D eigenvalue weighted by molar-refractivity contribution is 0.0493. The number of carbonyl (C=O) groups excluding carboxylic acids is 1. The standard InChI is InChI=1S/C12H13NO3S/c1-2-3-4-16-12(15)9-6-10-8(7-13-9)5-11(14)17-10/h5-7,14H,2-4H2,1H3. The van der Waals surface area contributed by atoms with Gasteiger partial charge in [-0.05, 0) is 12.5 Å². The van der Waals surface area contributed by atoms with Crippen molar-refractivity contribution in [1.82, 2.24) is 4.98 Å². The van der Waals surface area contributed by atoms with E-state index in [9.17, 15) is 9.90 Å². The van der Waals surface area contributed by atoms with E-state index in [2.05, 4.69) is 4.98 Å². The SMILES string of the molecule is CCCCOC(=O)c1cc2sc(O)cc2cn1. The number of esters is 1. The third-order valence-electron chi connectivity index (χ3n) is 2.33. The summed E-state index contributed by atoms with van der Waals surface area (Å²) in [6.07, 6.45) is 3.41. The average molecular weight is 251 g/mol. The smallest absolute Gasteiger partial charge is 0.356 e. The second-order valence-electron chi connectivity index (χ2n) is 3.68. The van der Waals surface area contributed by atoms with Crippen molar-refractivity contribution in [2.45, 2.75) is 19.8 Å². The van der Waals surface area contributed by atoms with E-state index < -0.39 is 5.97 Å². The van der Waals surface area contributed by atoms with Crippen LogP contribution in [0.1, 0.15) is 30.3 Å². The zero-order valence-corrected chi connectivity index (χ0v) is 10.3. The minimum atomic E-state index is -0.409. The van der Waals surface area contributed by atoms with Crippen LogP contribution >= 0.6 is 11.3 Å². The molecule has 0 aliphatic carbocycles. The van der Waals surface area contributed by atoms with Crippen LogP contribution in [-0.2, 0) is 4.74 Å². The van der Waals surface area contributed by atoms with Gasteiger partial charge in [0, 0.05) is 22.3 Å². The first-order chi connectivity index (χ1) is 8.20. The average Bonchev–Trinajstić information content (AvgIpc) is 2.68. The van der Waals surface area contributed by atoms with Crippen molar-refractivity contribution in [3.05, 3.63) is 24.0 Å². The topological polar surface area (TPSA) is 59.4 Å². The Morgan fingerprint density at radius 2 is 2.35 bits per heavy atom. The molecule has 0 aromatic carbocycles. The van der Waals surface area contributed by atoms with Crippen molar-refractivity contribution in [2.24, 2.45) is 0 Å². The van der Waals surface area contributed by atoms with E-state index in [0.717, 1.165) is 22.9 Å². The van der Waals surface area contributed by atoms with Crippen LogP contribution in [0, 0.1) is 0 Å². The monoisotopic (exact) mass is 251 g/mol. The number of rotatable bonds is 4. The third kappa shape index (κ3) is 2.74. The molecule has 0 bridgehead atoms. The first kappa shape index (κ1) is 11.9. The summed E-state index contributed by atoms with van der Waals surface area (Å²) in [6.45, 7) is 2.46. The van der Waals surface area contributed by atoms with Gasteiger partial charge in [-0.25, -0.2) is 9.78 Å². The molecule has 2 heterocycles. The number of thiophene rings is 1. The van der Waals surface area contributed by atoms with E-state index in [1.54, 1.807) is 18.3 Å². The second kappa shape index (κ2) is 5.14. The van der Waals surface area contributed by atoms with E-state index in [1.165, 1.54) is 11.3 Å². The summed E-state index contributed by atoms with van der Waals surface area (Å²) < 4.78 is 5.90. The molecule has 17 heavy (non-hydrogen) atoms. The Hall–Kier alpha value is -1.62. The van der Waals surface area contributed by atoms with Crippen molar-refractivity contribution >= 4 is 27.4 Å². The Bertz CT molecular complexity index is 536. The molecule has 0 atom stereocenters. The molecular weight excluding hydrogens is 238 g/mol. The molecule has 0 aliphatic rings. The second-order valence-corrected chi connectivity index (χ2v) is 4.74. The normalized spacial score (nSPS) is 10.6. The molecule has 0 saturated heterocycles. The van der Waals surface area contributed by atoms with Gasteiger partial charge >= 0.3 is 5.97 Å². The number of carbonyl (C=O) groups is 1. The van der Waals surface area contributed by atoms with Crippen LogP contribution < -0.4 is 0 Å². The van der Waals surface area contributed by atoms with Crippen molar-refractivity contribution in [3.63, 3.8) is 0 Å². The third-order valence-corrected chi connectivity index (χ3v) is 3.23. The van der Waals surface area contributed by atoms with Crippen molar-refractivity contribution < 1.29 is 14.6 Å². The van der Waals surface area contributed by atoms with Gasteiger partial charge in [-0.1, -0.05) is 24.7 Å². The Balaban J connectivity index is 2.15. The lowest BCUT2D eigenvalue weighted by Gasteiger charge is -2.02. The fourth-order valence-corrected chi connectivity index (χ4v) is 2.23. The summed E-state index contributed by atoms with van der Waals surface area (Å²) in [7, 11) is 0. The van der Waals surface area contributed by atoms with Gasteiger partial charge in [0.1, 0.15) is 5.69 Å². The highest BCUT2D eigenvalue weighted by Gasteiger charge is 2.10. The number of unbranched alkanes of at least 4 members (excludes halogenated alkanes) is 1. The van der Waals surface area contributed by atoms with Crippen LogP contribution in [0.5, 0.6) is 5.06 Å². The summed E-state index contributed by atoms with van der Waals surface area (Å²) in [6, 6.07) is 3.27. The molecule has 0 unspecified atom stereocenters.